The Morgan fingerprint density at radius 1 is 0.585 bits per heavy atom. The highest BCUT2D eigenvalue weighted by atomic mass is 28.4. The lowest BCUT2D eigenvalue weighted by atomic mass is 9.96. The van der Waals surface area contributed by atoms with Gasteiger partial charge in [-0.1, -0.05) is 27.0 Å². The van der Waals surface area contributed by atoms with Gasteiger partial charge in [-0.2, -0.15) is 0 Å². The summed E-state index contributed by atoms with van der Waals surface area (Å²) in [6.07, 6.45) is 1.61. The molecule has 18 heteroatoms. The largest absolute Gasteiger partial charge is 0.500 e. The first-order chi connectivity index (χ1) is 25.1. The van der Waals surface area contributed by atoms with Crippen LogP contribution in [0.2, 0.25) is 12.1 Å². The van der Waals surface area contributed by atoms with Gasteiger partial charge in [0.2, 0.25) is 0 Å². The molecule has 0 fully saturated rings. The highest BCUT2D eigenvalue weighted by molar-refractivity contribution is 6.61. The van der Waals surface area contributed by atoms with Crippen LogP contribution in [0, 0.1) is 5.41 Å². The van der Waals surface area contributed by atoms with E-state index < -0.39 is 52.7 Å². The Bertz CT molecular complexity index is 1020. The molecule has 16 nitrogen and oxygen atoms in total. The standard InChI is InChI=1S/C35H66N2O14Si2/c1-12-30(38)42-28-35(11,29-43-31(39)13-2)36-32(40)44-26-34(9,10)27-45-33(41)37(22-20-24-52(46-14-3,47-15-4)48-16-5)23-21-25-53(49-17-6,50-18-7)51-19-8/h12-13H,1-2,14-29H2,3-11H3,(H,36,40). The average molecular weight is 795 g/mol. The van der Waals surface area contributed by atoms with Gasteiger partial charge in [0.05, 0.1) is 0 Å². The molecule has 0 spiro atoms. The molecule has 0 atom stereocenters. The lowest BCUT2D eigenvalue weighted by Crippen LogP contribution is -2.54. The van der Waals surface area contributed by atoms with E-state index in [2.05, 4.69) is 18.5 Å². The van der Waals surface area contributed by atoms with Crippen molar-refractivity contribution in [2.75, 3.05) is 79.2 Å². The molecule has 0 aromatic rings. The van der Waals surface area contributed by atoms with E-state index in [0.717, 1.165) is 12.2 Å². The summed E-state index contributed by atoms with van der Waals surface area (Å²) in [5.74, 6) is -1.45. The lowest BCUT2D eigenvalue weighted by molar-refractivity contribution is -0.144. The van der Waals surface area contributed by atoms with Gasteiger partial charge in [0.15, 0.2) is 0 Å². The second-order valence-electron chi connectivity index (χ2n) is 12.8. The number of rotatable bonds is 31. The van der Waals surface area contributed by atoms with Gasteiger partial charge < -0.3 is 55.7 Å². The Morgan fingerprint density at radius 2 is 0.943 bits per heavy atom. The van der Waals surface area contributed by atoms with Crippen LogP contribution in [0.5, 0.6) is 0 Å². The van der Waals surface area contributed by atoms with Gasteiger partial charge in [0.25, 0.3) is 0 Å². The summed E-state index contributed by atoms with van der Waals surface area (Å²) in [6.45, 7) is 25.6. The molecule has 0 bridgehead atoms. The van der Waals surface area contributed by atoms with Crippen LogP contribution in [0.25, 0.3) is 0 Å². The number of nitrogens with one attached hydrogen (secondary N) is 1. The summed E-state index contributed by atoms with van der Waals surface area (Å²) in [5, 5.41) is 2.58. The molecule has 308 valence electrons. The van der Waals surface area contributed by atoms with E-state index in [4.69, 9.17) is 45.5 Å². The van der Waals surface area contributed by atoms with Crippen molar-refractivity contribution in [1.29, 1.82) is 0 Å². The van der Waals surface area contributed by atoms with Crippen LogP contribution in [0.4, 0.5) is 9.59 Å². The molecule has 53 heavy (non-hydrogen) atoms. The van der Waals surface area contributed by atoms with Gasteiger partial charge in [-0.15, -0.1) is 0 Å². The number of carbonyl (C=O) groups excluding carboxylic acids is 4. The number of ether oxygens (including phenoxy) is 4. The van der Waals surface area contributed by atoms with Crippen LogP contribution in [0.1, 0.15) is 75.2 Å². The van der Waals surface area contributed by atoms with E-state index in [1.54, 1.807) is 18.7 Å². The monoisotopic (exact) mass is 794 g/mol. The first-order valence-electron chi connectivity index (χ1n) is 18.4. The second-order valence-corrected chi connectivity index (χ2v) is 18.2. The molecular weight excluding hydrogens is 729 g/mol. The Labute approximate surface area is 318 Å². The van der Waals surface area contributed by atoms with E-state index in [1.807, 2.05) is 41.5 Å². The minimum atomic E-state index is -2.95. The van der Waals surface area contributed by atoms with E-state index in [-0.39, 0.29) is 26.4 Å². The third-order valence-corrected chi connectivity index (χ3v) is 13.6. The summed E-state index contributed by atoms with van der Waals surface area (Å²) < 4.78 is 57.4. The Kier molecular flexibility index (Phi) is 25.4. The molecule has 0 radical (unpaired) electrons. The van der Waals surface area contributed by atoms with Crippen molar-refractivity contribution in [3.63, 3.8) is 0 Å². The average Bonchev–Trinajstić information content (AvgIpc) is 3.11. The fourth-order valence-electron chi connectivity index (χ4n) is 4.90. The molecule has 0 aromatic heterocycles. The molecule has 0 aliphatic rings. The fourth-order valence-corrected chi connectivity index (χ4v) is 10.1. The number of hydrogen-bond donors (Lipinski definition) is 1. The van der Waals surface area contributed by atoms with Crippen molar-refractivity contribution in [3.05, 3.63) is 25.3 Å². The van der Waals surface area contributed by atoms with Crippen molar-refractivity contribution in [1.82, 2.24) is 10.2 Å². The second kappa shape index (κ2) is 26.8. The molecule has 0 aliphatic carbocycles. The number of hydrogen-bond acceptors (Lipinski definition) is 14. The van der Waals surface area contributed by atoms with Gasteiger partial charge in [-0.3, -0.25) is 0 Å². The normalized spacial score (nSPS) is 12.1. The summed E-state index contributed by atoms with van der Waals surface area (Å²) in [5.41, 5.74) is -2.13. The van der Waals surface area contributed by atoms with E-state index in [0.29, 0.717) is 77.7 Å². The number of carbonyl (C=O) groups is 4. The van der Waals surface area contributed by atoms with Crippen molar-refractivity contribution in [3.8, 4) is 0 Å². The number of amides is 2. The van der Waals surface area contributed by atoms with Gasteiger partial charge in [-0.05, 0) is 61.3 Å². The maximum Gasteiger partial charge on any atom is 0.500 e. The summed E-state index contributed by atoms with van der Waals surface area (Å²) in [4.78, 5) is 51.4. The van der Waals surface area contributed by atoms with Gasteiger partial charge >= 0.3 is 41.7 Å². The zero-order valence-electron chi connectivity index (χ0n) is 33.5. The van der Waals surface area contributed by atoms with Crippen molar-refractivity contribution in [2.24, 2.45) is 5.41 Å². The van der Waals surface area contributed by atoms with Crippen molar-refractivity contribution < 1.29 is 64.7 Å². The quantitative estimate of drug-likeness (QED) is 0.0416. The van der Waals surface area contributed by atoms with Crippen LogP contribution in [0.3, 0.4) is 0 Å². The highest BCUT2D eigenvalue weighted by Gasteiger charge is 2.42. The molecule has 1 N–H and O–H groups in total. The zero-order chi connectivity index (χ0) is 40.4. The first-order valence-corrected chi connectivity index (χ1v) is 22.2. The van der Waals surface area contributed by atoms with E-state index >= 15 is 0 Å². The van der Waals surface area contributed by atoms with E-state index in [9.17, 15) is 19.2 Å². The number of alkyl carbamates (subject to hydrolysis) is 1. The van der Waals surface area contributed by atoms with Crippen LogP contribution in [-0.4, -0.2) is 131 Å². The van der Waals surface area contributed by atoms with Crippen molar-refractivity contribution in [2.45, 2.75) is 92.8 Å². The molecule has 0 aromatic carbocycles. The molecule has 2 amide bonds. The molecule has 0 saturated carbocycles. The van der Waals surface area contributed by atoms with Gasteiger partial charge in [-0.25, -0.2) is 19.2 Å². The third-order valence-electron chi connectivity index (χ3n) is 7.25. The lowest BCUT2D eigenvalue weighted by Gasteiger charge is -2.32. The number of esters is 2. The Morgan fingerprint density at radius 3 is 1.28 bits per heavy atom. The predicted octanol–water partition coefficient (Wildman–Crippen LogP) is 5.27. The molecule has 0 unspecified atom stereocenters. The van der Waals surface area contributed by atoms with Gasteiger partial charge in [0, 0.05) is 82.4 Å². The summed E-state index contributed by atoms with van der Waals surface area (Å²) in [7, 11) is -5.90. The molecule has 0 saturated heterocycles. The van der Waals surface area contributed by atoms with E-state index in [1.165, 1.54) is 6.92 Å². The fraction of sp³-hybridized carbons (Fsp3) is 0.771. The zero-order valence-corrected chi connectivity index (χ0v) is 35.5. The third kappa shape index (κ3) is 21.0. The highest BCUT2D eigenvalue weighted by Crippen LogP contribution is 2.22. The smallest absolute Gasteiger partial charge is 0.460 e. The Hall–Kier alpha value is -2.85. The minimum absolute atomic E-state index is 0.0776. The van der Waals surface area contributed by atoms with Crippen LogP contribution < -0.4 is 5.32 Å². The van der Waals surface area contributed by atoms with Gasteiger partial charge in [0.1, 0.15) is 32.0 Å². The van der Waals surface area contributed by atoms with Crippen LogP contribution in [0.15, 0.2) is 25.3 Å². The maximum atomic E-state index is 13.6. The first kappa shape index (κ1) is 50.2. The van der Waals surface area contributed by atoms with Crippen LogP contribution >= 0.6 is 0 Å². The van der Waals surface area contributed by atoms with Crippen LogP contribution in [-0.2, 0) is 55.1 Å². The summed E-state index contributed by atoms with van der Waals surface area (Å²) >= 11 is 0. The topological polar surface area (TPSA) is 176 Å². The molecule has 0 rings (SSSR count). The number of nitrogens with zero attached hydrogens (tertiary/aromatic N) is 1. The van der Waals surface area contributed by atoms with Crippen molar-refractivity contribution >= 4 is 41.7 Å². The molecule has 0 heterocycles. The Balaban J connectivity index is 5.74. The molecular formula is C35H66N2O14Si2. The SMILES string of the molecule is C=CC(=O)OCC(C)(COC(=O)C=C)NC(=O)OCC(C)(C)COC(=O)N(CCC[Si](OCC)(OCC)OCC)CCC[Si](OCC)(OCC)OCC. The maximum absolute atomic E-state index is 13.6. The minimum Gasteiger partial charge on any atom is -0.460 e. The molecule has 0 aliphatic heterocycles. The predicted molar refractivity (Wildman–Crippen MR) is 202 cm³/mol. The summed E-state index contributed by atoms with van der Waals surface area (Å²) in [6, 6.07) is 1.02.